The molecule has 0 saturated heterocycles. The molecule has 2 atom stereocenters. The second-order valence-corrected chi connectivity index (χ2v) is 14.6. The Balaban J connectivity index is 4.47. The van der Waals surface area contributed by atoms with Crippen LogP contribution < -0.4 is 4.89 Å². The predicted octanol–water partition coefficient (Wildman–Crippen LogP) is 8.44. The molecule has 10 heteroatoms. The van der Waals surface area contributed by atoms with Gasteiger partial charge < -0.3 is 27.9 Å². The molecule has 2 unspecified atom stereocenters. The molecule has 45 heavy (non-hydrogen) atoms. The van der Waals surface area contributed by atoms with Gasteiger partial charge in [-0.2, -0.15) is 0 Å². The van der Waals surface area contributed by atoms with E-state index in [0.29, 0.717) is 17.4 Å². The van der Waals surface area contributed by atoms with Crippen molar-refractivity contribution in [2.24, 2.45) is 0 Å². The average Bonchev–Trinajstić information content (AvgIpc) is 2.97. The van der Waals surface area contributed by atoms with Crippen LogP contribution in [0.4, 0.5) is 0 Å². The van der Waals surface area contributed by atoms with Crippen LogP contribution in [0.25, 0.3) is 0 Å². The highest BCUT2D eigenvalue weighted by molar-refractivity contribution is 7.45. The number of phosphoric acid groups is 1. The van der Waals surface area contributed by atoms with E-state index in [9.17, 15) is 19.0 Å². The van der Waals surface area contributed by atoms with Gasteiger partial charge in [-0.3, -0.25) is 14.2 Å². The maximum Gasteiger partial charge on any atom is 0.306 e. The van der Waals surface area contributed by atoms with Crippen molar-refractivity contribution in [2.75, 3.05) is 47.5 Å². The van der Waals surface area contributed by atoms with E-state index < -0.39 is 32.5 Å². The molecule has 0 spiro atoms. The highest BCUT2D eigenvalue weighted by atomic mass is 31.2. The number of esters is 2. The molecule has 0 rings (SSSR count). The van der Waals surface area contributed by atoms with Gasteiger partial charge in [0.05, 0.1) is 27.7 Å². The molecule has 0 aromatic rings. The van der Waals surface area contributed by atoms with Crippen LogP contribution in [0.15, 0.2) is 12.2 Å². The molecule has 0 N–H and O–H groups in total. The lowest BCUT2D eigenvalue weighted by atomic mass is 10.1. The molecule has 0 saturated carbocycles. The largest absolute Gasteiger partial charge is 0.756 e. The fraction of sp³-hybridized carbons (Fsp3) is 0.886. The third kappa shape index (κ3) is 32.5. The number of carbonyl (C=O) groups is 2. The van der Waals surface area contributed by atoms with Crippen molar-refractivity contribution in [3.05, 3.63) is 12.2 Å². The molecule has 0 aliphatic heterocycles. The lowest BCUT2D eigenvalue weighted by Crippen LogP contribution is -2.37. The summed E-state index contributed by atoms with van der Waals surface area (Å²) < 4.78 is 33.6. The number of unbranched alkanes of at least 4 members (excludes halogenated alkanes) is 16. The molecule has 0 aliphatic carbocycles. The molecular weight excluding hydrogens is 593 g/mol. The van der Waals surface area contributed by atoms with Gasteiger partial charge in [-0.1, -0.05) is 109 Å². The second-order valence-electron chi connectivity index (χ2n) is 13.2. The van der Waals surface area contributed by atoms with Gasteiger partial charge in [0.2, 0.25) is 0 Å². The van der Waals surface area contributed by atoms with Crippen molar-refractivity contribution in [3.8, 4) is 0 Å². The van der Waals surface area contributed by atoms with E-state index in [0.717, 1.165) is 51.4 Å². The zero-order valence-electron chi connectivity index (χ0n) is 29.6. The number of carbonyl (C=O) groups excluding carboxylic acids is 2. The van der Waals surface area contributed by atoms with E-state index in [2.05, 4.69) is 26.0 Å². The van der Waals surface area contributed by atoms with Gasteiger partial charge in [0.25, 0.3) is 7.82 Å². The summed E-state index contributed by atoms with van der Waals surface area (Å²) in [6.45, 7) is 4.15. The van der Waals surface area contributed by atoms with E-state index in [1.54, 1.807) is 0 Å². The Morgan fingerprint density at radius 3 is 1.67 bits per heavy atom. The summed E-state index contributed by atoms with van der Waals surface area (Å²) in [6.07, 6.45) is 25.3. The predicted molar refractivity (Wildman–Crippen MR) is 181 cm³/mol. The zero-order valence-corrected chi connectivity index (χ0v) is 30.5. The number of allylic oxidation sites excluding steroid dienone is 2. The summed E-state index contributed by atoms with van der Waals surface area (Å²) in [7, 11) is 1.16. The van der Waals surface area contributed by atoms with Gasteiger partial charge in [-0.25, -0.2) is 0 Å². The van der Waals surface area contributed by atoms with Gasteiger partial charge in [-0.05, 0) is 38.5 Å². The quantitative estimate of drug-likeness (QED) is 0.0232. The lowest BCUT2D eigenvalue weighted by Gasteiger charge is -2.28. The summed E-state index contributed by atoms with van der Waals surface area (Å²) in [6, 6.07) is 0. The number of ether oxygens (including phenoxy) is 2. The fourth-order valence-corrected chi connectivity index (χ4v) is 5.38. The highest BCUT2D eigenvalue weighted by Crippen LogP contribution is 2.38. The third-order valence-corrected chi connectivity index (χ3v) is 8.50. The Bertz CT molecular complexity index is 799. The minimum atomic E-state index is -4.61. The van der Waals surface area contributed by atoms with Gasteiger partial charge >= 0.3 is 11.9 Å². The van der Waals surface area contributed by atoms with Crippen molar-refractivity contribution in [3.63, 3.8) is 0 Å². The molecule has 266 valence electrons. The van der Waals surface area contributed by atoms with Crippen LogP contribution in [-0.4, -0.2) is 70.0 Å². The molecule has 9 nitrogen and oxygen atoms in total. The van der Waals surface area contributed by atoms with Crippen LogP contribution >= 0.6 is 7.82 Å². The monoisotopic (exact) mass is 661 g/mol. The summed E-state index contributed by atoms with van der Waals surface area (Å²) in [5.41, 5.74) is 0. The molecule has 0 amide bonds. The number of hydrogen-bond donors (Lipinski definition) is 0. The van der Waals surface area contributed by atoms with Crippen LogP contribution in [0.5, 0.6) is 0 Å². The van der Waals surface area contributed by atoms with E-state index in [-0.39, 0.29) is 26.1 Å². The van der Waals surface area contributed by atoms with Gasteiger partial charge in [0, 0.05) is 12.8 Å². The number of quaternary nitrogens is 1. The van der Waals surface area contributed by atoms with Crippen LogP contribution in [0.2, 0.25) is 0 Å². The number of likely N-dealkylation sites (N-methyl/N-ethyl adjacent to an activating group) is 1. The van der Waals surface area contributed by atoms with Crippen molar-refractivity contribution in [1.82, 2.24) is 0 Å². The summed E-state index contributed by atoms with van der Waals surface area (Å²) >= 11 is 0. The Morgan fingerprint density at radius 2 is 1.13 bits per heavy atom. The van der Waals surface area contributed by atoms with Gasteiger partial charge in [-0.15, -0.1) is 0 Å². The van der Waals surface area contributed by atoms with Gasteiger partial charge in [0.1, 0.15) is 19.8 Å². The zero-order chi connectivity index (χ0) is 33.7. The first-order valence-electron chi connectivity index (χ1n) is 17.9. The molecular formula is C35H68NO8P. The van der Waals surface area contributed by atoms with Crippen molar-refractivity contribution in [2.45, 2.75) is 155 Å². The molecule has 0 aliphatic rings. The number of hydrogen-bond acceptors (Lipinski definition) is 8. The topological polar surface area (TPSA) is 111 Å². The van der Waals surface area contributed by atoms with Gasteiger partial charge in [0.15, 0.2) is 6.10 Å². The Morgan fingerprint density at radius 1 is 0.667 bits per heavy atom. The summed E-state index contributed by atoms with van der Waals surface area (Å²) in [4.78, 5) is 37.1. The number of phosphoric ester groups is 1. The van der Waals surface area contributed by atoms with Crippen LogP contribution in [0.1, 0.15) is 149 Å². The Labute approximate surface area is 276 Å². The van der Waals surface area contributed by atoms with E-state index in [1.807, 2.05) is 21.1 Å². The first kappa shape index (κ1) is 43.8. The Hall–Kier alpha value is -1.25. The lowest BCUT2D eigenvalue weighted by molar-refractivity contribution is -0.870. The standard InChI is InChI=1S/C35H68NO8P/c1-6-8-10-12-14-16-17-18-19-20-22-24-26-28-35(38)44-33(32-43-45(39,40)42-30-29-36(3,4)5)31-41-34(37)27-25-23-21-15-13-11-9-7-2/h16-17,33H,6-15,18-32H2,1-5H3/b17-16-. The van der Waals surface area contributed by atoms with E-state index in [4.69, 9.17) is 18.5 Å². The fourth-order valence-electron chi connectivity index (χ4n) is 4.65. The Kier molecular flexibility index (Phi) is 28.1. The molecule has 0 aromatic heterocycles. The maximum absolute atomic E-state index is 12.5. The third-order valence-electron chi connectivity index (χ3n) is 7.54. The summed E-state index contributed by atoms with van der Waals surface area (Å²) in [5, 5.41) is 0. The normalized spacial score (nSPS) is 14.0. The molecule has 0 heterocycles. The van der Waals surface area contributed by atoms with Crippen LogP contribution in [-0.2, 0) is 32.7 Å². The van der Waals surface area contributed by atoms with Crippen molar-refractivity contribution in [1.29, 1.82) is 0 Å². The summed E-state index contributed by atoms with van der Waals surface area (Å²) in [5.74, 6) is -0.849. The minimum Gasteiger partial charge on any atom is -0.756 e. The molecule has 0 fully saturated rings. The second kappa shape index (κ2) is 28.9. The average molecular weight is 662 g/mol. The maximum atomic E-state index is 12.5. The number of nitrogens with zero attached hydrogens (tertiary/aromatic N) is 1. The smallest absolute Gasteiger partial charge is 0.306 e. The number of rotatable bonds is 32. The molecule has 0 bridgehead atoms. The van der Waals surface area contributed by atoms with Crippen molar-refractivity contribution < 1.29 is 42.1 Å². The molecule has 0 radical (unpaired) electrons. The van der Waals surface area contributed by atoms with E-state index in [1.165, 1.54) is 64.2 Å². The first-order chi connectivity index (χ1) is 21.5. The van der Waals surface area contributed by atoms with E-state index >= 15 is 0 Å². The highest BCUT2D eigenvalue weighted by Gasteiger charge is 2.21. The first-order valence-corrected chi connectivity index (χ1v) is 19.4. The minimum absolute atomic E-state index is 0.0301. The molecule has 0 aromatic carbocycles. The van der Waals surface area contributed by atoms with Crippen LogP contribution in [0, 0.1) is 0 Å². The van der Waals surface area contributed by atoms with Crippen molar-refractivity contribution >= 4 is 19.8 Å². The van der Waals surface area contributed by atoms with Crippen LogP contribution in [0.3, 0.4) is 0 Å². The SMILES string of the molecule is CCCCCC/C=C\CCCCCCCC(=O)OC(COC(=O)CCCCCCCCCC)COP(=O)([O-])OCC[N+](C)(C)C.